The molecule has 2 N–H and O–H groups in total. The Labute approximate surface area is 195 Å². The summed E-state index contributed by atoms with van der Waals surface area (Å²) in [6, 6.07) is 26.4. The van der Waals surface area contributed by atoms with E-state index in [-0.39, 0.29) is 11.8 Å². The van der Waals surface area contributed by atoms with E-state index in [0.29, 0.717) is 24.2 Å². The molecule has 172 valence electrons. The zero-order valence-electron chi connectivity index (χ0n) is 19.0. The molecule has 0 aliphatic rings. The quantitative estimate of drug-likeness (QED) is 0.411. The Bertz CT molecular complexity index is 933. The summed E-state index contributed by atoms with van der Waals surface area (Å²) in [7, 11) is 1.65. The molecule has 0 unspecified atom stereocenters. The van der Waals surface area contributed by atoms with Crippen LogP contribution >= 0.6 is 0 Å². The number of benzene rings is 3. The average molecular weight is 446 g/mol. The van der Waals surface area contributed by atoms with Crippen LogP contribution in [0.1, 0.15) is 33.6 Å². The number of amides is 2. The number of ether oxygens (including phenoxy) is 1. The van der Waals surface area contributed by atoms with Crippen molar-refractivity contribution < 1.29 is 14.3 Å². The Morgan fingerprint density at radius 1 is 0.697 bits per heavy atom. The van der Waals surface area contributed by atoms with E-state index in [0.717, 1.165) is 37.4 Å². The molecule has 3 aromatic rings. The van der Waals surface area contributed by atoms with E-state index in [9.17, 15) is 9.59 Å². The number of nitrogens with zero attached hydrogens (tertiary/aromatic N) is 1. The summed E-state index contributed by atoms with van der Waals surface area (Å²) in [6.45, 7) is 2.75. The van der Waals surface area contributed by atoms with Crippen molar-refractivity contribution >= 4 is 17.5 Å². The fourth-order valence-electron chi connectivity index (χ4n) is 3.49. The van der Waals surface area contributed by atoms with E-state index in [2.05, 4.69) is 15.5 Å². The van der Waals surface area contributed by atoms with Gasteiger partial charge < -0.3 is 20.3 Å². The first kappa shape index (κ1) is 23.9. The SMILES string of the molecule is COc1ccc(N(CCCNC(=O)c2ccccc2)CCCNC(=O)c2ccccc2)cc1. The van der Waals surface area contributed by atoms with Crippen molar-refractivity contribution in [2.75, 3.05) is 38.2 Å². The fraction of sp³-hybridized carbons (Fsp3) is 0.259. The number of carbonyl (C=O) groups excluding carboxylic acids is 2. The molecule has 3 rings (SSSR count). The van der Waals surface area contributed by atoms with Gasteiger partial charge in [-0.1, -0.05) is 36.4 Å². The zero-order chi connectivity index (χ0) is 23.3. The summed E-state index contributed by atoms with van der Waals surface area (Å²) in [6.07, 6.45) is 1.61. The third-order valence-corrected chi connectivity index (χ3v) is 5.29. The molecule has 2 amide bonds. The maximum Gasteiger partial charge on any atom is 0.251 e. The van der Waals surface area contributed by atoms with Gasteiger partial charge in [0.15, 0.2) is 0 Å². The second kappa shape index (κ2) is 12.9. The molecule has 3 aromatic carbocycles. The van der Waals surface area contributed by atoms with Gasteiger partial charge in [0.25, 0.3) is 11.8 Å². The number of carbonyl (C=O) groups is 2. The molecule has 0 spiro atoms. The van der Waals surface area contributed by atoms with E-state index >= 15 is 0 Å². The fourth-order valence-corrected chi connectivity index (χ4v) is 3.49. The van der Waals surface area contributed by atoms with Crippen LogP contribution in [0, 0.1) is 0 Å². The van der Waals surface area contributed by atoms with Gasteiger partial charge in [-0.15, -0.1) is 0 Å². The van der Waals surface area contributed by atoms with Gasteiger partial charge in [0.1, 0.15) is 5.75 Å². The lowest BCUT2D eigenvalue weighted by Gasteiger charge is -2.25. The number of hydrogen-bond donors (Lipinski definition) is 2. The van der Waals surface area contributed by atoms with Crippen molar-refractivity contribution in [2.45, 2.75) is 12.8 Å². The highest BCUT2D eigenvalue weighted by Gasteiger charge is 2.09. The first-order chi connectivity index (χ1) is 16.2. The van der Waals surface area contributed by atoms with Crippen LogP contribution in [0.25, 0.3) is 0 Å². The molecule has 0 saturated heterocycles. The maximum atomic E-state index is 12.2. The molecule has 0 atom stereocenters. The highest BCUT2D eigenvalue weighted by molar-refractivity contribution is 5.94. The van der Waals surface area contributed by atoms with Crippen LogP contribution in [-0.2, 0) is 0 Å². The molecule has 0 aliphatic carbocycles. The molecular weight excluding hydrogens is 414 g/mol. The second-order valence-corrected chi connectivity index (χ2v) is 7.64. The van der Waals surface area contributed by atoms with Gasteiger partial charge in [0, 0.05) is 43.0 Å². The molecule has 0 aliphatic heterocycles. The lowest BCUT2D eigenvalue weighted by atomic mass is 10.2. The van der Waals surface area contributed by atoms with E-state index < -0.39 is 0 Å². The number of anilines is 1. The van der Waals surface area contributed by atoms with E-state index in [4.69, 9.17) is 4.74 Å². The van der Waals surface area contributed by atoms with E-state index in [1.54, 1.807) is 7.11 Å². The Morgan fingerprint density at radius 3 is 1.58 bits per heavy atom. The summed E-state index contributed by atoms with van der Waals surface area (Å²) in [5.74, 6) is 0.689. The Morgan fingerprint density at radius 2 is 1.15 bits per heavy atom. The first-order valence-corrected chi connectivity index (χ1v) is 11.2. The molecule has 0 saturated carbocycles. The molecule has 0 aromatic heterocycles. The Hall–Kier alpha value is -3.80. The van der Waals surface area contributed by atoms with Crippen LogP contribution in [0.2, 0.25) is 0 Å². The number of rotatable bonds is 12. The second-order valence-electron chi connectivity index (χ2n) is 7.64. The van der Waals surface area contributed by atoms with Gasteiger partial charge in [-0.05, 0) is 61.4 Å². The van der Waals surface area contributed by atoms with Crippen LogP contribution in [0.15, 0.2) is 84.9 Å². The minimum absolute atomic E-state index is 0.0600. The lowest BCUT2D eigenvalue weighted by Crippen LogP contribution is -2.32. The average Bonchev–Trinajstić information content (AvgIpc) is 2.88. The third-order valence-electron chi connectivity index (χ3n) is 5.29. The largest absolute Gasteiger partial charge is 0.497 e. The van der Waals surface area contributed by atoms with Crippen LogP contribution in [0.4, 0.5) is 5.69 Å². The molecule has 0 radical (unpaired) electrons. The molecule has 6 heteroatoms. The number of nitrogens with one attached hydrogen (secondary N) is 2. The zero-order valence-corrected chi connectivity index (χ0v) is 19.0. The monoisotopic (exact) mass is 445 g/mol. The minimum atomic E-state index is -0.0600. The molecule has 33 heavy (non-hydrogen) atoms. The number of hydrogen-bond acceptors (Lipinski definition) is 4. The first-order valence-electron chi connectivity index (χ1n) is 11.2. The van der Waals surface area contributed by atoms with Gasteiger partial charge in [-0.25, -0.2) is 0 Å². The third kappa shape index (κ3) is 7.68. The van der Waals surface area contributed by atoms with Gasteiger partial charge in [0.2, 0.25) is 0 Å². The summed E-state index contributed by atoms with van der Waals surface area (Å²) >= 11 is 0. The van der Waals surface area contributed by atoms with Crippen molar-refractivity contribution in [3.8, 4) is 5.75 Å². The summed E-state index contributed by atoms with van der Waals surface area (Å²) in [5, 5.41) is 5.96. The van der Waals surface area contributed by atoms with Crippen LogP contribution in [-0.4, -0.2) is 45.1 Å². The molecule has 0 heterocycles. The predicted octanol–water partition coefficient (Wildman–Crippen LogP) is 4.14. The summed E-state index contributed by atoms with van der Waals surface area (Å²) in [5.41, 5.74) is 2.41. The van der Waals surface area contributed by atoms with E-state index in [1.165, 1.54) is 0 Å². The summed E-state index contributed by atoms with van der Waals surface area (Å²) < 4.78 is 5.27. The lowest BCUT2D eigenvalue weighted by molar-refractivity contribution is 0.0945. The highest BCUT2D eigenvalue weighted by atomic mass is 16.5. The van der Waals surface area contributed by atoms with Crippen molar-refractivity contribution in [3.63, 3.8) is 0 Å². The van der Waals surface area contributed by atoms with Crippen molar-refractivity contribution in [2.24, 2.45) is 0 Å². The van der Waals surface area contributed by atoms with Gasteiger partial charge in [0.05, 0.1) is 7.11 Å². The summed E-state index contributed by atoms with van der Waals surface area (Å²) in [4.78, 5) is 26.8. The standard InChI is InChI=1S/C27H31N3O3/c1-33-25-16-14-24(15-17-25)30(20-8-18-28-26(31)22-10-4-2-5-11-22)21-9-19-29-27(32)23-12-6-3-7-13-23/h2-7,10-17H,8-9,18-21H2,1H3,(H,28,31)(H,29,32). The maximum absolute atomic E-state index is 12.2. The normalized spacial score (nSPS) is 10.3. The van der Waals surface area contributed by atoms with Crippen molar-refractivity contribution in [1.82, 2.24) is 10.6 Å². The predicted molar refractivity (Wildman–Crippen MR) is 132 cm³/mol. The van der Waals surface area contributed by atoms with Crippen LogP contribution < -0.4 is 20.3 Å². The van der Waals surface area contributed by atoms with Gasteiger partial charge in [-0.2, -0.15) is 0 Å². The Kier molecular flexibility index (Phi) is 9.33. The molecule has 0 bridgehead atoms. The van der Waals surface area contributed by atoms with E-state index in [1.807, 2.05) is 84.9 Å². The van der Waals surface area contributed by atoms with Crippen molar-refractivity contribution in [1.29, 1.82) is 0 Å². The highest BCUT2D eigenvalue weighted by Crippen LogP contribution is 2.19. The van der Waals surface area contributed by atoms with Gasteiger partial charge in [-0.3, -0.25) is 9.59 Å². The number of methoxy groups -OCH3 is 1. The van der Waals surface area contributed by atoms with Crippen LogP contribution in [0.5, 0.6) is 5.75 Å². The Balaban J connectivity index is 1.49. The van der Waals surface area contributed by atoms with Gasteiger partial charge >= 0.3 is 0 Å². The minimum Gasteiger partial charge on any atom is -0.497 e. The molecular formula is C27H31N3O3. The van der Waals surface area contributed by atoms with Crippen molar-refractivity contribution in [3.05, 3.63) is 96.1 Å². The molecule has 0 fully saturated rings. The topological polar surface area (TPSA) is 70.7 Å². The molecule has 6 nitrogen and oxygen atoms in total. The van der Waals surface area contributed by atoms with Crippen LogP contribution in [0.3, 0.4) is 0 Å². The smallest absolute Gasteiger partial charge is 0.251 e.